The molecule has 0 amide bonds. The Morgan fingerprint density at radius 3 is 2.62 bits per heavy atom. The van der Waals surface area contributed by atoms with Crippen molar-refractivity contribution in [2.75, 3.05) is 0 Å². The predicted octanol–water partition coefficient (Wildman–Crippen LogP) is 0.181. The highest BCUT2D eigenvalue weighted by Gasteiger charge is 2.08. The number of H-pyrrole nitrogens is 1. The average Bonchev–Trinajstić information content (AvgIpc) is 2.15. The van der Waals surface area contributed by atoms with Crippen LogP contribution in [0.3, 0.4) is 0 Å². The fourth-order valence-corrected chi connectivity index (χ4v) is 1.19. The zero-order chi connectivity index (χ0) is 12.3. The molecule has 0 saturated carbocycles. The molecule has 1 heterocycles. The topological polar surface area (TPSA) is 81.2 Å². The van der Waals surface area contributed by atoms with Crippen molar-refractivity contribution < 1.29 is 9.53 Å². The van der Waals surface area contributed by atoms with Crippen molar-refractivity contribution >= 4 is 5.97 Å². The minimum atomic E-state index is -0.525. The van der Waals surface area contributed by atoms with Gasteiger partial charge in [-0.3, -0.25) is 19.1 Å². The van der Waals surface area contributed by atoms with Crippen LogP contribution in [0.1, 0.15) is 32.4 Å². The summed E-state index contributed by atoms with van der Waals surface area (Å²) in [5.74, 6) is -0.471. The first-order chi connectivity index (χ1) is 7.41. The van der Waals surface area contributed by atoms with Crippen molar-refractivity contribution in [3.63, 3.8) is 0 Å². The molecule has 0 unspecified atom stereocenters. The molecule has 0 saturated heterocycles. The molecule has 1 N–H and O–H groups in total. The summed E-state index contributed by atoms with van der Waals surface area (Å²) in [6.45, 7) is 4.76. The summed E-state index contributed by atoms with van der Waals surface area (Å²) < 4.78 is 6.08. The number of esters is 1. The van der Waals surface area contributed by atoms with Crippen molar-refractivity contribution in [1.29, 1.82) is 0 Å². The van der Waals surface area contributed by atoms with Crippen molar-refractivity contribution in [3.05, 3.63) is 32.6 Å². The fourth-order valence-electron chi connectivity index (χ4n) is 1.19. The van der Waals surface area contributed by atoms with Crippen LogP contribution in [0.5, 0.6) is 0 Å². The summed E-state index contributed by atoms with van der Waals surface area (Å²) in [4.78, 5) is 35.5. The van der Waals surface area contributed by atoms with Gasteiger partial charge >= 0.3 is 11.7 Å². The van der Waals surface area contributed by atoms with E-state index >= 15 is 0 Å². The number of nitrogens with one attached hydrogen (secondary N) is 1. The Balaban J connectivity index is 3.10. The van der Waals surface area contributed by atoms with Gasteiger partial charge in [-0.1, -0.05) is 0 Å². The largest absolute Gasteiger partial charge is 0.461 e. The van der Waals surface area contributed by atoms with E-state index in [0.29, 0.717) is 0 Å². The molecule has 16 heavy (non-hydrogen) atoms. The SMILES string of the molecule is CC(=O)OCc1cn(C(C)C)c(=O)[nH]c1=O. The highest BCUT2D eigenvalue weighted by Crippen LogP contribution is 2.00. The Morgan fingerprint density at radius 1 is 1.50 bits per heavy atom. The molecule has 1 aromatic heterocycles. The van der Waals surface area contributed by atoms with E-state index in [1.807, 2.05) is 13.8 Å². The summed E-state index contributed by atoms with van der Waals surface area (Å²) in [7, 11) is 0. The van der Waals surface area contributed by atoms with Gasteiger partial charge in [-0.25, -0.2) is 4.79 Å². The van der Waals surface area contributed by atoms with Crippen LogP contribution in [-0.2, 0) is 16.1 Å². The lowest BCUT2D eigenvalue weighted by Crippen LogP contribution is -2.33. The van der Waals surface area contributed by atoms with Crippen molar-refractivity contribution in [2.24, 2.45) is 0 Å². The predicted molar refractivity (Wildman–Crippen MR) is 57.2 cm³/mol. The van der Waals surface area contributed by atoms with Crippen molar-refractivity contribution in [2.45, 2.75) is 33.4 Å². The Morgan fingerprint density at radius 2 is 2.12 bits per heavy atom. The maximum atomic E-state index is 11.4. The van der Waals surface area contributed by atoms with Gasteiger partial charge in [-0.15, -0.1) is 0 Å². The molecule has 0 aliphatic carbocycles. The van der Waals surface area contributed by atoms with Gasteiger partial charge in [0, 0.05) is 19.2 Å². The Bertz CT molecular complexity index is 498. The molecule has 0 aromatic carbocycles. The van der Waals surface area contributed by atoms with E-state index in [-0.39, 0.29) is 18.2 Å². The lowest BCUT2D eigenvalue weighted by Gasteiger charge is -2.10. The standard InChI is InChI=1S/C10H14N2O4/c1-6(2)12-4-8(5-16-7(3)13)9(14)11-10(12)15/h4,6H,5H2,1-3H3,(H,11,14,15). The second-order valence-corrected chi connectivity index (χ2v) is 3.69. The van der Waals surface area contributed by atoms with E-state index in [1.165, 1.54) is 17.7 Å². The first-order valence-electron chi connectivity index (χ1n) is 4.89. The highest BCUT2D eigenvalue weighted by atomic mass is 16.5. The molecule has 0 spiro atoms. The summed E-state index contributed by atoms with van der Waals surface area (Å²) >= 11 is 0. The van der Waals surface area contributed by atoms with E-state index < -0.39 is 17.2 Å². The maximum Gasteiger partial charge on any atom is 0.328 e. The second-order valence-electron chi connectivity index (χ2n) is 3.69. The number of hydrogen-bond acceptors (Lipinski definition) is 4. The number of nitrogens with zero attached hydrogens (tertiary/aromatic N) is 1. The minimum absolute atomic E-state index is 0.0690. The smallest absolute Gasteiger partial charge is 0.328 e. The number of aromatic nitrogens is 2. The van der Waals surface area contributed by atoms with Gasteiger partial charge in [0.2, 0.25) is 0 Å². The Hall–Kier alpha value is -1.85. The Kier molecular flexibility index (Phi) is 3.65. The molecule has 88 valence electrons. The quantitative estimate of drug-likeness (QED) is 0.745. The first kappa shape index (κ1) is 12.2. The molecule has 0 radical (unpaired) electrons. The van der Waals surface area contributed by atoms with Gasteiger partial charge in [0.1, 0.15) is 6.61 Å². The fraction of sp³-hybridized carbons (Fsp3) is 0.500. The highest BCUT2D eigenvalue weighted by molar-refractivity contribution is 5.65. The van der Waals surface area contributed by atoms with Crippen LogP contribution in [0.25, 0.3) is 0 Å². The van der Waals surface area contributed by atoms with Gasteiger partial charge < -0.3 is 4.74 Å². The normalized spacial score (nSPS) is 10.5. The van der Waals surface area contributed by atoms with Gasteiger partial charge in [0.15, 0.2) is 0 Å². The van der Waals surface area contributed by atoms with E-state index in [4.69, 9.17) is 4.74 Å². The number of carbonyl (C=O) groups excluding carboxylic acids is 1. The summed E-state index contributed by atoms with van der Waals surface area (Å²) in [5.41, 5.74) is -0.738. The number of aromatic amines is 1. The van der Waals surface area contributed by atoms with Crippen molar-refractivity contribution in [1.82, 2.24) is 9.55 Å². The third-order valence-corrected chi connectivity index (χ3v) is 2.03. The van der Waals surface area contributed by atoms with Gasteiger partial charge in [0.05, 0.1) is 5.56 Å². The van der Waals surface area contributed by atoms with Crippen molar-refractivity contribution in [3.8, 4) is 0 Å². The number of rotatable bonds is 3. The van der Waals surface area contributed by atoms with E-state index in [9.17, 15) is 14.4 Å². The maximum absolute atomic E-state index is 11.4. The summed E-state index contributed by atoms with van der Waals surface area (Å²) in [5, 5.41) is 0. The van der Waals surface area contributed by atoms with Crippen LogP contribution < -0.4 is 11.2 Å². The molecule has 6 nitrogen and oxygen atoms in total. The average molecular weight is 226 g/mol. The number of hydrogen-bond donors (Lipinski definition) is 1. The van der Waals surface area contributed by atoms with Crippen LogP contribution >= 0.6 is 0 Å². The lowest BCUT2D eigenvalue weighted by molar-refractivity contribution is -0.142. The van der Waals surface area contributed by atoms with Crippen LogP contribution in [0.4, 0.5) is 0 Å². The van der Waals surface area contributed by atoms with Gasteiger partial charge in [-0.2, -0.15) is 0 Å². The molecule has 0 atom stereocenters. The van der Waals surface area contributed by atoms with Crippen LogP contribution in [0.15, 0.2) is 15.8 Å². The monoisotopic (exact) mass is 226 g/mol. The molecule has 0 aliphatic heterocycles. The van der Waals surface area contributed by atoms with Crippen LogP contribution in [0, 0.1) is 0 Å². The molecule has 1 aromatic rings. The van der Waals surface area contributed by atoms with Crippen LogP contribution in [-0.4, -0.2) is 15.5 Å². The zero-order valence-corrected chi connectivity index (χ0v) is 9.44. The van der Waals surface area contributed by atoms with E-state index in [1.54, 1.807) is 0 Å². The molecule has 0 fully saturated rings. The zero-order valence-electron chi connectivity index (χ0n) is 9.44. The van der Waals surface area contributed by atoms with Crippen LogP contribution in [0.2, 0.25) is 0 Å². The molecule has 1 rings (SSSR count). The van der Waals surface area contributed by atoms with Gasteiger partial charge in [-0.05, 0) is 13.8 Å². The molecule has 0 bridgehead atoms. The Labute approximate surface area is 91.9 Å². The third-order valence-electron chi connectivity index (χ3n) is 2.03. The minimum Gasteiger partial charge on any atom is -0.461 e. The first-order valence-corrected chi connectivity index (χ1v) is 4.89. The summed E-state index contributed by atoms with van der Waals surface area (Å²) in [6.07, 6.45) is 1.41. The summed E-state index contributed by atoms with van der Waals surface area (Å²) in [6, 6.07) is -0.0690. The molecule has 0 aliphatic rings. The van der Waals surface area contributed by atoms with E-state index in [2.05, 4.69) is 4.98 Å². The lowest BCUT2D eigenvalue weighted by atomic mass is 10.3. The number of carbonyl (C=O) groups is 1. The third kappa shape index (κ3) is 2.82. The number of ether oxygens (including phenoxy) is 1. The van der Waals surface area contributed by atoms with Gasteiger partial charge in [0.25, 0.3) is 5.56 Å². The second kappa shape index (κ2) is 4.78. The van der Waals surface area contributed by atoms with E-state index in [0.717, 1.165) is 0 Å². The molecular formula is C10H14N2O4. The molecular weight excluding hydrogens is 212 g/mol. The molecule has 6 heteroatoms.